The zero-order chi connectivity index (χ0) is 8.48. The largest absolute Gasteiger partial charge is 0.295 e. The van der Waals surface area contributed by atoms with Gasteiger partial charge in [0.2, 0.25) is 0 Å². The Labute approximate surface area is 89.8 Å². The molecule has 0 aromatic heterocycles. The molecule has 1 rings (SSSR count). The lowest BCUT2D eigenvalue weighted by Crippen LogP contribution is -1.98. The minimum absolute atomic E-state index is 0. The lowest BCUT2D eigenvalue weighted by molar-refractivity contribution is 0.482. The van der Waals surface area contributed by atoms with Crippen molar-refractivity contribution in [3.8, 4) is 0 Å². The van der Waals surface area contributed by atoms with Gasteiger partial charge in [-0.2, -0.15) is 8.42 Å². The third-order valence-electron chi connectivity index (χ3n) is 1.11. The van der Waals surface area contributed by atoms with Gasteiger partial charge in [0.15, 0.2) is 0 Å². The van der Waals surface area contributed by atoms with Crippen molar-refractivity contribution in [1.29, 1.82) is 0 Å². The van der Waals surface area contributed by atoms with Crippen LogP contribution in [0.1, 0.15) is 0 Å². The van der Waals surface area contributed by atoms with Gasteiger partial charge in [-0.1, -0.05) is 12.1 Å². The van der Waals surface area contributed by atoms with Crippen LogP contribution in [0.25, 0.3) is 0 Å². The molecular formula is C6H5AlBrO3S. The third-order valence-corrected chi connectivity index (χ3v) is 2.98. The topological polar surface area (TPSA) is 54.4 Å². The smallest absolute Gasteiger partial charge is 0.282 e. The molecule has 63 valence electrons. The fourth-order valence-electron chi connectivity index (χ4n) is 0.654. The second-order valence-corrected chi connectivity index (χ2v) is 4.15. The molecule has 1 N–H and O–H groups in total. The molecule has 0 aliphatic heterocycles. The standard InChI is InChI=1S/C6H5BrO3S.Al/c7-5-3-1-2-4-6(5)11(8,9)10;/h1-4H,(H,8,9,10);. The summed E-state index contributed by atoms with van der Waals surface area (Å²) in [5.74, 6) is 0. The summed E-state index contributed by atoms with van der Waals surface area (Å²) >= 11 is 2.99. The SMILES string of the molecule is O=S(=O)(O)c1ccccc1Br.[Al]. The van der Waals surface area contributed by atoms with Gasteiger partial charge < -0.3 is 0 Å². The van der Waals surface area contributed by atoms with Gasteiger partial charge in [0.05, 0.1) is 0 Å². The lowest BCUT2D eigenvalue weighted by Gasteiger charge is -1.97. The number of benzene rings is 1. The number of hydrogen-bond acceptors (Lipinski definition) is 2. The Morgan fingerprint density at radius 1 is 1.25 bits per heavy atom. The van der Waals surface area contributed by atoms with Crippen LogP contribution in [0.15, 0.2) is 33.6 Å². The van der Waals surface area contributed by atoms with Crippen LogP contribution in [0.2, 0.25) is 0 Å². The van der Waals surface area contributed by atoms with Gasteiger partial charge >= 0.3 is 0 Å². The number of rotatable bonds is 1. The van der Waals surface area contributed by atoms with Gasteiger partial charge in [0.1, 0.15) is 4.90 Å². The van der Waals surface area contributed by atoms with E-state index in [1.165, 1.54) is 12.1 Å². The predicted molar refractivity (Wildman–Crippen MR) is 49.7 cm³/mol. The maximum Gasteiger partial charge on any atom is 0.295 e. The summed E-state index contributed by atoms with van der Waals surface area (Å²) < 4.78 is 30.1. The molecule has 0 amide bonds. The van der Waals surface area contributed by atoms with Crippen molar-refractivity contribution in [3.05, 3.63) is 28.7 Å². The molecule has 0 fully saturated rings. The molecule has 0 unspecified atom stereocenters. The highest BCUT2D eigenvalue weighted by Crippen LogP contribution is 2.20. The predicted octanol–water partition coefficient (Wildman–Crippen LogP) is 1.32. The average molecular weight is 264 g/mol. The molecule has 1 aromatic carbocycles. The molecule has 3 nitrogen and oxygen atoms in total. The van der Waals surface area contributed by atoms with Crippen molar-refractivity contribution >= 4 is 43.4 Å². The highest BCUT2D eigenvalue weighted by atomic mass is 79.9. The van der Waals surface area contributed by atoms with E-state index < -0.39 is 10.1 Å². The third kappa shape index (κ3) is 2.88. The van der Waals surface area contributed by atoms with Crippen molar-refractivity contribution in [2.75, 3.05) is 0 Å². The second-order valence-electron chi connectivity index (χ2n) is 1.91. The minimum atomic E-state index is -4.08. The maximum absolute atomic E-state index is 10.6. The number of hydrogen-bond donors (Lipinski definition) is 1. The van der Waals surface area contributed by atoms with E-state index in [-0.39, 0.29) is 22.3 Å². The van der Waals surface area contributed by atoms with Crippen molar-refractivity contribution in [2.24, 2.45) is 0 Å². The van der Waals surface area contributed by atoms with Gasteiger partial charge in [-0.15, -0.1) is 0 Å². The Hall–Kier alpha value is 0.142. The Kier molecular flexibility index (Phi) is 4.45. The van der Waals surface area contributed by atoms with Gasteiger partial charge in [-0.3, -0.25) is 4.55 Å². The van der Waals surface area contributed by atoms with Crippen molar-refractivity contribution < 1.29 is 13.0 Å². The Bertz CT molecular complexity index is 363. The Morgan fingerprint density at radius 2 is 1.75 bits per heavy atom. The first-order valence-corrected chi connectivity index (χ1v) is 4.97. The first kappa shape index (κ1) is 12.1. The summed E-state index contributed by atoms with van der Waals surface area (Å²) in [7, 11) is -4.08. The van der Waals surface area contributed by atoms with Crippen LogP contribution >= 0.6 is 15.9 Å². The highest BCUT2D eigenvalue weighted by molar-refractivity contribution is 9.10. The summed E-state index contributed by atoms with van der Waals surface area (Å²) in [6, 6.07) is 6.06. The molecule has 0 aliphatic rings. The molecule has 0 aliphatic carbocycles. The maximum atomic E-state index is 10.6. The molecular weight excluding hydrogens is 259 g/mol. The van der Waals surface area contributed by atoms with Crippen LogP contribution in [0, 0.1) is 0 Å². The van der Waals surface area contributed by atoms with Crippen LogP contribution in [-0.2, 0) is 10.1 Å². The van der Waals surface area contributed by atoms with E-state index in [1.54, 1.807) is 12.1 Å². The summed E-state index contributed by atoms with van der Waals surface area (Å²) in [5, 5.41) is 0. The van der Waals surface area contributed by atoms with E-state index in [1.807, 2.05) is 0 Å². The monoisotopic (exact) mass is 263 g/mol. The molecule has 0 saturated carbocycles. The molecule has 0 atom stereocenters. The van der Waals surface area contributed by atoms with Crippen LogP contribution in [0.3, 0.4) is 0 Å². The second kappa shape index (κ2) is 4.40. The van der Waals surface area contributed by atoms with E-state index in [4.69, 9.17) is 4.55 Å². The lowest BCUT2D eigenvalue weighted by atomic mass is 10.4. The molecule has 0 bridgehead atoms. The van der Waals surface area contributed by atoms with E-state index >= 15 is 0 Å². The number of halogens is 1. The van der Waals surface area contributed by atoms with E-state index in [0.29, 0.717) is 4.47 Å². The molecule has 0 saturated heterocycles. The first-order chi connectivity index (χ1) is 5.02. The average Bonchev–Trinajstić information content (AvgIpc) is 1.86. The molecule has 1 aromatic rings. The summed E-state index contributed by atoms with van der Waals surface area (Å²) in [5.41, 5.74) is 0. The van der Waals surface area contributed by atoms with Crippen LogP contribution in [-0.4, -0.2) is 30.3 Å². The fourth-order valence-corrected chi connectivity index (χ4v) is 2.12. The van der Waals surface area contributed by atoms with E-state index in [9.17, 15) is 8.42 Å². The molecule has 0 heterocycles. The van der Waals surface area contributed by atoms with Crippen molar-refractivity contribution in [3.63, 3.8) is 0 Å². The van der Waals surface area contributed by atoms with Gasteiger partial charge in [-0.05, 0) is 28.1 Å². The minimum Gasteiger partial charge on any atom is -0.282 e. The zero-order valence-corrected chi connectivity index (χ0v) is 9.49. The molecule has 12 heavy (non-hydrogen) atoms. The molecule has 0 spiro atoms. The summed E-state index contributed by atoms with van der Waals surface area (Å²) in [4.78, 5) is -0.111. The van der Waals surface area contributed by atoms with Crippen LogP contribution < -0.4 is 0 Å². The quantitative estimate of drug-likeness (QED) is 0.614. The molecule has 6 heteroatoms. The van der Waals surface area contributed by atoms with E-state index in [0.717, 1.165) is 0 Å². The Balaban J connectivity index is 0.00000121. The molecule has 3 radical (unpaired) electrons. The Morgan fingerprint density at radius 3 is 2.08 bits per heavy atom. The first-order valence-electron chi connectivity index (χ1n) is 2.74. The summed E-state index contributed by atoms with van der Waals surface area (Å²) in [6.07, 6.45) is 0. The fraction of sp³-hybridized carbons (Fsp3) is 0. The van der Waals surface area contributed by atoms with Crippen LogP contribution in [0.4, 0.5) is 0 Å². The van der Waals surface area contributed by atoms with E-state index in [2.05, 4.69) is 15.9 Å². The normalized spacial score (nSPS) is 10.5. The van der Waals surface area contributed by atoms with Gasteiger partial charge in [-0.25, -0.2) is 0 Å². The zero-order valence-electron chi connectivity index (χ0n) is 5.94. The van der Waals surface area contributed by atoms with Gasteiger partial charge in [0.25, 0.3) is 10.1 Å². The summed E-state index contributed by atoms with van der Waals surface area (Å²) in [6.45, 7) is 0. The highest BCUT2D eigenvalue weighted by Gasteiger charge is 2.11. The van der Waals surface area contributed by atoms with Crippen LogP contribution in [0.5, 0.6) is 0 Å². The van der Waals surface area contributed by atoms with Crippen molar-refractivity contribution in [2.45, 2.75) is 4.90 Å². The van der Waals surface area contributed by atoms with Gasteiger partial charge in [0, 0.05) is 21.8 Å². The van der Waals surface area contributed by atoms with Crippen molar-refractivity contribution in [1.82, 2.24) is 0 Å².